The van der Waals surface area contributed by atoms with Gasteiger partial charge in [-0.1, -0.05) is 51.4 Å². The molecule has 23 heavy (non-hydrogen) atoms. The molecular formula is C20H26Cl2Zr. The molecule has 0 aromatic heterocycles. The Morgan fingerprint density at radius 1 is 0.652 bits per heavy atom. The molecule has 0 amide bonds. The summed E-state index contributed by atoms with van der Waals surface area (Å²) in [6, 6.07) is 13.4. The van der Waals surface area contributed by atoms with E-state index in [0.717, 1.165) is 0 Å². The Balaban J connectivity index is 0. The summed E-state index contributed by atoms with van der Waals surface area (Å²) in [7, 11) is 0. The maximum Gasteiger partial charge on any atom is 4.00 e. The van der Waals surface area contributed by atoms with E-state index in [0.29, 0.717) is 0 Å². The first kappa shape index (κ1) is 25.1. The van der Waals surface area contributed by atoms with Crippen molar-refractivity contribution < 1.29 is 51.0 Å². The van der Waals surface area contributed by atoms with Crippen LogP contribution < -0.4 is 24.8 Å². The number of aryl methyl sites for hydroxylation is 4. The monoisotopic (exact) mass is 426 g/mol. The Morgan fingerprint density at radius 2 is 1.00 bits per heavy atom. The molecule has 3 heteroatoms. The van der Waals surface area contributed by atoms with Gasteiger partial charge < -0.3 is 24.8 Å². The average molecular weight is 429 g/mol. The van der Waals surface area contributed by atoms with Crippen molar-refractivity contribution in [3.8, 4) is 0 Å². The fourth-order valence-electron chi connectivity index (χ4n) is 3.23. The fraction of sp³-hybridized carbons (Fsp3) is 0.400. The summed E-state index contributed by atoms with van der Waals surface area (Å²) in [6.07, 6.45) is 10.9. The number of hydrogen-bond acceptors (Lipinski definition) is 0. The van der Waals surface area contributed by atoms with Crippen molar-refractivity contribution in [2.24, 2.45) is 0 Å². The number of rotatable bonds is 0. The molecule has 0 spiro atoms. The van der Waals surface area contributed by atoms with Gasteiger partial charge in [0.25, 0.3) is 0 Å². The molecule has 0 fully saturated rings. The zero-order valence-electron chi connectivity index (χ0n) is 13.8. The first-order chi connectivity index (χ1) is 9.93. The van der Waals surface area contributed by atoms with Gasteiger partial charge in [-0.2, -0.15) is 46.5 Å². The van der Waals surface area contributed by atoms with Crippen LogP contribution in [0.4, 0.5) is 0 Å². The van der Waals surface area contributed by atoms with Crippen molar-refractivity contribution in [1.82, 2.24) is 0 Å². The summed E-state index contributed by atoms with van der Waals surface area (Å²) >= 11 is 0. The van der Waals surface area contributed by atoms with E-state index in [1.807, 2.05) is 0 Å². The van der Waals surface area contributed by atoms with Crippen LogP contribution in [-0.2, 0) is 51.9 Å². The van der Waals surface area contributed by atoms with E-state index in [4.69, 9.17) is 0 Å². The minimum Gasteiger partial charge on any atom is -1.00 e. The molecular weight excluding hydrogens is 402 g/mol. The second-order valence-corrected chi connectivity index (χ2v) is 5.57. The van der Waals surface area contributed by atoms with Gasteiger partial charge in [-0.05, 0) is 0 Å². The number of hydrogen-bond donors (Lipinski definition) is 0. The number of halogens is 2. The molecule has 0 aliphatic heterocycles. The fourth-order valence-corrected chi connectivity index (χ4v) is 3.23. The van der Waals surface area contributed by atoms with Gasteiger partial charge in [0.05, 0.1) is 0 Å². The quantitative estimate of drug-likeness (QED) is 0.388. The summed E-state index contributed by atoms with van der Waals surface area (Å²) in [6.45, 7) is 6.00. The molecule has 0 nitrogen and oxygen atoms in total. The Morgan fingerprint density at radius 3 is 1.35 bits per heavy atom. The zero-order valence-corrected chi connectivity index (χ0v) is 17.8. The minimum absolute atomic E-state index is 0. The van der Waals surface area contributed by atoms with Crippen molar-refractivity contribution >= 4 is 0 Å². The second kappa shape index (κ2) is 14.3. The molecule has 0 N–H and O–H groups in total. The molecule has 0 unspecified atom stereocenters. The summed E-state index contributed by atoms with van der Waals surface area (Å²) in [4.78, 5) is 0. The van der Waals surface area contributed by atoms with Gasteiger partial charge >= 0.3 is 26.2 Å². The SMILES string of the molecule is C=C.[Cl-].[Cl-].[Zr+4].c1cc2c([cH-]1)CCCC2.c1cc2c([cH-]1)CCCC2. The van der Waals surface area contributed by atoms with Crippen molar-refractivity contribution in [3.63, 3.8) is 0 Å². The predicted molar refractivity (Wildman–Crippen MR) is 88.6 cm³/mol. The molecule has 2 aromatic rings. The molecule has 0 atom stereocenters. The molecule has 0 radical (unpaired) electrons. The van der Waals surface area contributed by atoms with E-state index in [1.165, 1.54) is 51.4 Å². The van der Waals surface area contributed by atoms with Crippen molar-refractivity contribution in [2.45, 2.75) is 51.4 Å². The van der Waals surface area contributed by atoms with Crippen LogP contribution in [0.3, 0.4) is 0 Å². The minimum atomic E-state index is 0. The van der Waals surface area contributed by atoms with E-state index < -0.39 is 0 Å². The van der Waals surface area contributed by atoms with Crippen LogP contribution in [-0.4, -0.2) is 0 Å². The van der Waals surface area contributed by atoms with Crippen LogP contribution in [0.15, 0.2) is 49.6 Å². The van der Waals surface area contributed by atoms with Crippen LogP contribution in [0.5, 0.6) is 0 Å². The molecule has 0 saturated carbocycles. The molecule has 2 aliphatic carbocycles. The molecule has 0 saturated heterocycles. The maximum atomic E-state index is 3.00. The molecule has 2 aliphatic rings. The summed E-state index contributed by atoms with van der Waals surface area (Å²) in [5.74, 6) is 0. The normalized spacial score (nSPS) is 13.7. The molecule has 0 bridgehead atoms. The van der Waals surface area contributed by atoms with E-state index in [9.17, 15) is 0 Å². The third kappa shape index (κ3) is 7.55. The van der Waals surface area contributed by atoms with Crippen molar-refractivity contribution in [3.05, 3.63) is 71.8 Å². The van der Waals surface area contributed by atoms with Crippen LogP contribution in [0.2, 0.25) is 0 Å². The Labute approximate surface area is 173 Å². The van der Waals surface area contributed by atoms with Crippen molar-refractivity contribution in [2.75, 3.05) is 0 Å². The van der Waals surface area contributed by atoms with Gasteiger partial charge in [0.15, 0.2) is 0 Å². The Bertz CT molecular complexity index is 426. The Kier molecular flexibility index (Phi) is 15.6. The second-order valence-electron chi connectivity index (χ2n) is 5.57. The van der Waals surface area contributed by atoms with Crippen LogP contribution in [0.25, 0.3) is 0 Å². The van der Waals surface area contributed by atoms with E-state index >= 15 is 0 Å². The Hall–Kier alpha value is -0.0969. The van der Waals surface area contributed by atoms with E-state index in [-0.39, 0.29) is 51.0 Å². The summed E-state index contributed by atoms with van der Waals surface area (Å²) in [5.41, 5.74) is 6.39. The van der Waals surface area contributed by atoms with Crippen LogP contribution in [0, 0.1) is 0 Å². The third-order valence-corrected chi connectivity index (χ3v) is 4.30. The van der Waals surface area contributed by atoms with Gasteiger partial charge in [0, 0.05) is 0 Å². The predicted octanol–water partition coefficient (Wildman–Crippen LogP) is -0.624. The zero-order chi connectivity index (χ0) is 14.2. The number of fused-ring (bicyclic) bond motifs is 2. The average Bonchev–Trinajstić information content (AvgIpc) is 3.18. The topological polar surface area (TPSA) is 0 Å². The largest absolute Gasteiger partial charge is 4.00 e. The summed E-state index contributed by atoms with van der Waals surface area (Å²) in [5, 5.41) is 0. The van der Waals surface area contributed by atoms with Crippen molar-refractivity contribution in [1.29, 1.82) is 0 Å². The van der Waals surface area contributed by atoms with Crippen LogP contribution >= 0.6 is 0 Å². The first-order valence-corrected chi connectivity index (χ1v) is 7.90. The van der Waals surface area contributed by atoms with Gasteiger partial charge in [0.2, 0.25) is 0 Å². The third-order valence-electron chi connectivity index (χ3n) is 4.30. The maximum absolute atomic E-state index is 3.00. The van der Waals surface area contributed by atoms with E-state index in [2.05, 4.69) is 49.6 Å². The van der Waals surface area contributed by atoms with E-state index in [1.54, 1.807) is 22.3 Å². The first-order valence-electron chi connectivity index (χ1n) is 7.90. The van der Waals surface area contributed by atoms with Crippen LogP contribution in [0.1, 0.15) is 47.9 Å². The van der Waals surface area contributed by atoms with Gasteiger partial charge in [0.1, 0.15) is 0 Å². The standard InChI is InChI=1S/2C9H11.C2H4.2ClH.Zr/c2*1-2-5-9-7-3-6-8(9)4-1;1-2;;;/h2*3,6-7H,1-2,4-5H2;1-2H2;2*1H;/q2*-1;;;;+4/p-2. The molecule has 4 rings (SSSR count). The molecule has 124 valence electrons. The van der Waals surface area contributed by atoms with Gasteiger partial charge in [-0.3, -0.25) is 0 Å². The van der Waals surface area contributed by atoms with Gasteiger partial charge in [-0.25, -0.2) is 12.1 Å². The summed E-state index contributed by atoms with van der Waals surface area (Å²) < 4.78 is 0. The smallest absolute Gasteiger partial charge is 1.00 e. The van der Waals surface area contributed by atoms with Gasteiger partial charge in [-0.15, -0.1) is 13.2 Å². The molecule has 2 aromatic carbocycles. The molecule has 0 heterocycles.